The monoisotopic (exact) mass is 250 g/mol. The molecule has 0 aliphatic rings. The van der Waals surface area contributed by atoms with Gasteiger partial charge in [-0.15, -0.1) is 0 Å². The number of nitrogens with one attached hydrogen (secondary N) is 2. The van der Waals surface area contributed by atoms with Crippen molar-refractivity contribution in [2.75, 3.05) is 25.0 Å². The van der Waals surface area contributed by atoms with Gasteiger partial charge in [-0.2, -0.15) is 0 Å². The molecule has 4 nitrogen and oxygen atoms in total. The molecule has 0 radical (unpaired) electrons. The first kappa shape index (κ1) is 14.4. The van der Waals surface area contributed by atoms with Crippen LogP contribution in [0.2, 0.25) is 0 Å². The quantitative estimate of drug-likeness (QED) is 0.745. The molecule has 4 heteroatoms. The van der Waals surface area contributed by atoms with Crippen LogP contribution in [0.1, 0.15) is 26.7 Å². The molecule has 0 aromatic heterocycles. The van der Waals surface area contributed by atoms with Gasteiger partial charge in [0.25, 0.3) is 0 Å². The van der Waals surface area contributed by atoms with Crippen molar-refractivity contribution in [3.8, 4) is 5.75 Å². The van der Waals surface area contributed by atoms with E-state index in [0.29, 0.717) is 19.5 Å². The van der Waals surface area contributed by atoms with Gasteiger partial charge >= 0.3 is 0 Å². The average molecular weight is 250 g/mol. The summed E-state index contributed by atoms with van der Waals surface area (Å²) in [6.07, 6.45) is 1.49. The van der Waals surface area contributed by atoms with Crippen LogP contribution in [-0.4, -0.2) is 25.6 Å². The summed E-state index contributed by atoms with van der Waals surface area (Å²) >= 11 is 0. The van der Waals surface area contributed by atoms with Crippen LogP contribution in [0, 0.1) is 0 Å². The molecule has 0 unspecified atom stereocenters. The summed E-state index contributed by atoms with van der Waals surface area (Å²) in [5.41, 5.74) is 1.00. The van der Waals surface area contributed by atoms with Gasteiger partial charge in [-0.25, -0.2) is 0 Å². The van der Waals surface area contributed by atoms with Crippen LogP contribution in [0.4, 0.5) is 5.69 Å². The fourth-order valence-electron chi connectivity index (χ4n) is 1.49. The predicted molar refractivity (Wildman–Crippen MR) is 74.0 cm³/mol. The Morgan fingerprint density at radius 1 is 1.22 bits per heavy atom. The maximum absolute atomic E-state index is 11.2. The Morgan fingerprint density at radius 2 is 1.94 bits per heavy atom. The fourth-order valence-corrected chi connectivity index (χ4v) is 1.49. The van der Waals surface area contributed by atoms with Crippen molar-refractivity contribution < 1.29 is 9.53 Å². The molecular weight excluding hydrogens is 228 g/mol. The fraction of sp³-hybridized carbons (Fsp3) is 0.500. The number of hydrogen-bond donors (Lipinski definition) is 2. The lowest BCUT2D eigenvalue weighted by atomic mass is 10.3. The highest BCUT2D eigenvalue weighted by Crippen LogP contribution is 2.15. The SMILES string of the molecule is CCCOc1ccc(NCCC(=O)NCC)cc1. The molecule has 1 amide bonds. The van der Waals surface area contributed by atoms with Gasteiger partial charge in [-0.3, -0.25) is 4.79 Å². The lowest BCUT2D eigenvalue weighted by Crippen LogP contribution is -2.24. The Labute approximate surface area is 109 Å². The molecule has 0 aliphatic carbocycles. The zero-order chi connectivity index (χ0) is 13.2. The van der Waals surface area contributed by atoms with Gasteiger partial charge in [0.1, 0.15) is 5.75 Å². The molecular formula is C14H22N2O2. The average Bonchev–Trinajstić information content (AvgIpc) is 2.38. The van der Waals surface area contributed by atoms with Crippen LogP contribution in [0.5, 0.6) is 5.75 Å². The summed E-state index contributed by atoms with van der Waals surface area (Å²) < 4.78 is 5.49. The van der Waals surface area contributed by atoms with Crippen LogP contribution in [0.25, 0.3) is 0 Å². The number of amides is 1. The Hall–Kier alpha value is -1.71. The van der Waals surface area contributed by atoms with Crippen LogP contribution >= 0.6 is 0 Å². The van der Waals surface area contributed by atoms with Crippen LogP contribution in [0.15, 0.2) is 24.3 Å². The van der Waals surface area contributed by atoms with Crippen molar-refractivity contribution in [1.29, 1.82) is 0 Å². The number of hydrogen-bond acceptors (Lipinski definition) is 3. The smallest absolute Gasteiger partial charge is 0.221 e. The molecule has 1 aromatic carbocycles. The first-order valence-corrected chi connectivity index (χ1v) is 6.49. The minimum absolute atomic E-state index is 0.0768. The molecule has 0 atom stereocenters. The molecule has 0 heterocycles. The van der Waals surface area contributed by atoms with E-state index >= 15 is 0 Å². The van der Waals surface area contributed by atoms with Crippen molar-refractivity contribution in [1.82, 2.24) is 5.32 Å². The Bertz CT molecular complexity index is 349. The third-order valence-corrected chi connectivity index (χ3v) is 2.38. The van der Waals surface area contributed by atoms with E-state index in [4.69, 9.17) is 4.74 Å². The molecule has 100 valence electrons. The highest BCUT2D eigenvalue weighted by Gasteiger charge is 1.99. The highest BCUT2D eigenvalue weighted by molar-refractivity contribution is 5.76. The largest absolute Gasteiger partial charge is 0.494 e. The second-order valence-corrected chi connectivity index (χ2v) is 4.00. The molecule has 0 saturated carbocycles. The number of anilines is 1. The standard InChI is InChI=1S/C14H22N2O2/c1-3-11-18-13-7-5-12(6-8-13)16-10-9-14(17)15-4-2/h5-8,16H,3-4,9-11H2,1-2H3,(H,15,17). The summed E-state index contributed by atoms with van der Waals surface area (Å²) in [6.45, 7) is 6.06. The number of carbonyl (C=O) groups is 1. The lowest BCUT2D eigenvalue weighted by molar-refractivity contribution is -0.120. The zero-order valence-corrected chi connectivity index (χ0v) is 11.2. The minimum atomic E-state index is 0.0768. The number of rotatable bonds is 8. The molecule has 0 saturated heterocycles. The van der Waals surface area contributed by atoms with E-state index in [0.717, 1.165) is 24.5 Å². The number of ether oxygens (including phenoxy) is 1. The van der Waals surface area contributed by atoms with Gasteiger partial charge in [0.2, 0.25) is 5.91 Å². The van der Waals surface area contributed by atoms with Crippen molar-refractivity contribution in [2.24, 2.45) is 0 Å². The summed E-state index contributed by atoms with van der Waals surface area (Å²) in [5.74, 6) is 0.957. The summed E-state index contributed by atoms with van der Waals surface area (Å²) in [4.78, 5) is 11.2. The third-order valence-electron chi connectivity index (χ3n) is 2.38. The van der Waals surface area contributed by atoms with E-state index in [2.05, 4.69) is 17.6 Å². The van der Waals surface area contributed by atoms with E-state index in [9.17, 15) is 4.79 Å². The van der Waals surface area contributed by atoms with Crippen molar-refractivity contribution in [3.05, 3.63) is 24.3 Å². The Morgan fingerprint density at radius 3 is 2.56 bits per heavy atom. The highest BCUT2D eigenvalue weighted by atomic mass is 16.5. The number of carbonyl (C=O) groups excluding carboxylic acids is 1. The van der Waals surface area contributed by atoms with Gasteiger partial charge < -0.3 is 15.4 Å². The molecule has 18 heavy (non-hydrogen) atoms. The van der Waals surface area contributed by atoms with Crippen LogP contribution in [0.3, 0.4) is 0 Å². The molecule has 0 fully saturated rings. The van der Waals surface area contributed by atoms with E-state index in [-0.39, 0.29) is 5.91 Å². The minimum Gasteiger partial charge on any atom is -0.494 e. The Kier molecular flexibility index (Phi) is 6.69. The second kappa shape index (κ2) is 8.39. The van der Waals surface area contributed by atoms with E-state index in [1.165, 1.54) is 0 Å². The van der Waals surface area contributed by atoms with Crippen LogP contribution < -0.4 is 15.4 Å². The van der Waals surface area contributed by atoms with Gasteiger partial charge in [-0.05, 0) is 37.6 Å². The summed E-state index contributed by atoms with van der Waals surface area (Å²) in [5, 5.41) is 5.97. The molecule has 0 bridgehead atoms. The van der Waals surface area contributed by atoms with Crippen LogP contribution in [-0.2, 0) is 4.79 Å². The maximum Gasteiger partial charge on any atom is 0.221 e. The van der Waals surface area contributed by atoms with Gasteiger partial charge in [0.15, 0.2) is 0 Å². The zero-order valence-electron chi connectivity index (χ0n) is 11.2. The first-order valence-electron chi connectivity index (χ1n) is 6.49. The Balaban J connectivity index is 2.28. The predicted octanol–water partition coefficient (Wildman–Crippen LogP) is 2.41. The molecule has 1 rings (SSSR count). The molecule has 0 spiro atoms. The topological polar surface area (TPSA) is 50.4 Å². The summed E-state index contributed by atoms with van der Waals surface area (Å²) in [6, 6.07) is 7.79. The van der Waals surface area contributed by atoms with E-state index in [1.807, 2.05) is 31.2 Å². The second-order valence-electron chi connectivity index (χ2n) is 4.00. The molecule has 1 aromatic rings. The molecule has 2 N–H and O–H groups in total. The third kappa shape index (κ3) is 5.57. The van der Waals surface area contributed by atoms with Crippen molar-refractivity contribution >= 4 is 11.6 Å². The maximum atomic E-state index is 11.2. The number of benzene rings is 1. The normalized spacial score (nSPS) is 9.89. The van der Waals surface area contributed by atoms with E-state index < -0.39 is 0 Å². The molecule has 0 aliphatic heterocycles. The first-order chi connectivity index (χ1) is 8.76. The van der Waals surface area contributed by atoms with Gasteiger partial charge in [0.05, 0.1) is 6.61 Å². The van der Waals surface area contributed by atoms with Gasteiger partial charge in [-0.1, -0.05) is 6.92 Å². The van der Waals surface area contributed by atoms with Gasteiger partial charge in [0, 0.05) is 25.2 Å². The van der Waals surface area contributed by atoms with E-state index in [1.54, 1.807) is 0 Å². The van der Waals surface area contributed by atoms with Crippen molar-refractivity contribution in [3.63, 3.8) is 0 Å². The van der Waals surface area contributed by atoms with Crippen molar-refractivity contribution in [2.45, 2.75) is 26.7 Å². The lowest BCUT2D eigenvalue weighted by Gasteiger charge is -2.08. The summed E-state index contributed by atoms with van der Waals surface area (Å²) in [7, 11) is 0.